The van der Waals surface area contributed by atoms with Gasteiger partial charge in [0, 0.05) is 16.6 Å². The van der Waals surface area contributed by atoms with Crippen LogP contribution in [0.5, 0.6) is 11.5 Å². The van der Waals surface area contributed by atoms with Crippen LogP contribution in [0.4, 0.5) is 5.69 Å². The number of anilines is 1. The zero-order valence-electron chi connectivity index (χ0n) is 16.0. The minimum absolute atomic E-state index is 0.159. The van der Waals surface area contributed by atoms with Crippen molar-refractivity contribution in [1.29, 1.82) is 0 Å². The lowest BCUT2D eigenvalue weighted by molar-refractivity contribution is -0.152. The van der Waals surface area contributed by atoms with Crippen molar-refractivity contribution < 1.29 is 23.8 Å². The van der Waals surface area contributed by atoms with Crippen LogP contribution in [0.25, 0.3) is 0 Å². The second-order valence-electron chi connectivity index (χ2n) is 6.98. The maximum atomic E-state index is 13.0. The predicted octanol–water partition coefficient (Wildman–Crippen LogP) is 3.95. The van der Waals surface area contributed by atoms with E-state index in [0.29, 0.717) is 43.4 Å². The number of rotatable bonds is 6. The van der Waals surface area contributed by atoms with Crippen molar-refractivity contribution in [2.45, 2.75) is 25.8 Å². The Hall–Kier alpha value is -2.80. The fourth-order valence-electron chi connectivity index (χ4n) is 3.42. The van der Waals surface area contributed by atoms with Gasteiger partial charge in [-0.1, -0.05) is 18.2 Å². The molecule has 2 aromatic rings. The quantitative estimate of drug-likeness (QED) is 0.530. The molecule has 0 fully saturated rings. The highest BCUT2D eigenvalue weighted by Crippen LogP contribution is 2.34. The van der Waals surface area contributed by atoms with E-state index in [-0.39, 0.29) is 24.4 Å². The number of amides is 1. The summed E-state index contributed by atoms with van der Waals surface area (Å²) in [6.07, 6.45) is 6.38. The number of carbonyl (C=O) groups excluding carboxylic acids is 2. The third-order valence-electron chi connectivity index (χ3n) is 4.97. The highest BCUT2D eigenvalue weighted by Gasteiger charge is 2.24. The van der Waals surface area contributed by atoms with Crippen LogP contribution < -0.4 is 14.4 Å². The first-order chi connectivity index (χ1) is 14.2. The molecule has 152 valence electrons. The van der Waals surface area contributed by atoms with Crippen molar-refractivity contribution in [2.24, 2.45) is 5.92 Å². The van der Waals surface area contributed by atoms with E-state index in [4.69, 9.17) is 14.2 Å². The van der Waals surface area contributed by atoms with E-state index in [0.717, 1.165) is 17.7 Å². The molecule has 0 saturated carbocycles. The molecule has 2 heterocycles. The number of allylic oxidation sites excluding steroid dienone is 2. The van der Waals surface area contributed by atoms with Crippen LogP contribution in [0.3, 0.4) is 0 Å². The van der Waals surface area contributed by atoms with Crippen molar-refractivity contribution in [1.82, 2.24) is 0 Å². The molecule has 6 nitrogen and oxygen atoms in total. The Morgan fingerprint density at radius 1 is 1.14 bits per heavy atom. The summed E-state index contributed by atoms with van der Waals surface area (Å²) in [6, 6.07) is 9.35. The maximum Gasteiger partial charge on any atom is 0.309 e. The number of hydrogen-bond acceptors (Lipinski definition) is 6. The number of benzene rings is 1. The average molecular weight is 413 g/mol. The Kier molecular flexibility index (Phi) is 6.14. The molecule has 1 atom stereocenters. The Labute approximate surface area is 173 Å². The molecule has 1 aliphatic heterocycles. The van der Waals surface area contributed by atoms with Gasteiger partial charge >= 0.3 is 5.97 Å². The molecule has 2 aliphatic rings. The van der Waals surface area contributed by atoms with Gasteiger partial charge in [-0.2, -0.15) is 0 Å². The van der Waals surface area contributed by atoms with E-state index in [1.165, 1.54) is 0 Å². The molecule has 0 bridgehead atoms. The summed E-state index contributed by atoms with van der Waals surface area (Å²) in [7, 11) is 0. The Balaban J connectivity index is 1.48. The number of hydrogen-bond donors (Lipinski definition) is 0. The monoisotopic (exact) mass is 413 g/mol. The summed E-state index contributed by atoms with van der Waals surface area (Å²) in [4.78, 5) is 28.0. The predicted molar refractivity (Wildman–Crippen MR) is 110 cm³/mol. The van der Waals surface area contributed by atoms with E-state index >= 15 is 0 Å². The van der Waals surface area contributed by atoms with Crippen molar-refractivity contribution in [2.75, 3.05) is 24.7 Å². The first-order valence-corrected chi connectivity index (χ1v) is 10.6. The van der Waals surface area contributed by atoms with E-state index < -0.39 is 0 Å². The SMILES string of the molecule is O=C(OCC(=O)N(Cc1cccs1)c1ccc2c(c1)OCCO2)C1CC=CCC1. The fraction of sp³-hybridized carbons (Fsp3) is 0.364. The molecule has 1 unspecified atom stereocenters. The minimum Gasteiger partial charge on any atom is -0.486 e. The normalized spacial score (nSPS) is 17.6. The smallest absolute Gasteiger partial charge is 0.309 e. The van der Waals surface area contributed by atoms with E-state index in [9.17, 15) is 9.59 Å². The van der Waals surface area contributed by atoms with Gasteiger partial charge in [-0.25, -0.2) is 0 Å². The summed E-state index contributed by atoms with van der Waals surface area (Å²) in [5.74, 6) is 0.549. The Morgan fingerprint density at radius 2 is 2.00 bits per heavy atom. The van der Waals surface area contributed by atoms with Crippen molar-refractivity contribution in [3.8, 4) is 11.5 Å². The lowest BCUT2D eigenvalue weighted by Gasteiger charge is -2.25. The van der Waals surface area contributed by atoms with Crippen LogP contribution in [0.15, 0.2) is 47.9 Å². The van der Waals surface area contributed by atoms with Gasteiger partial charge in [0.1, 0.15) is 13.2 Å². The number of thiophene rings is 1. The number of nitrogens with zero attached hydrogens (tertiary/aromatic N) is 1. The standard InChI is InChI=1S/C22H23NO5S/c24-21(15-28-22(25)16-5-2-1-3-6-16)23(14-18-7-4-12-29-18)17-8-9-19-20(13-17)27-11-10-26-19/h1-2,4,7-9,12-13,16H,3,5-6,10-11,14-15H2. The van der Waals surface area contributed by atoms with Crippen LogP contribution in [0.2, 0.25) is 0 Å². The summed E-state index contributed by atoms with van der Waals surface area (Å²) in [5, 5.41) is 1.97. The van der Waals surface area contributed by atoms with Gasteiger partial charge in [0.05, 0.1) is 12.5 Å². The summed E-state index contributed by atoms with van der Waals surface area (Å²) in [6.45, 7) is 1.11. The lowest BCUT2D eigenvalue weighted by Crippen LogP contribution is -2.35. The van der Waals surface area contributed by atoms with Crippen LogP contribution >= 0.6 is 11.3 Å². The lowest BCUT2D eigenvalue weighted by atomic mass is 9.95. The number of ether oxygens (including phenoxy) is 3. The average Bonchev–Trinajstić information content (AvgIpc) is 3.29. The zero-order chi connectivity index (χ0) is 20.1. The van der Waals surface area contributed by atoms with Crippen LogP contribution in [0.1, 0.15) is 24.1 Å². The van der Waals surface area contributed by atoms with E-state index in [1.54, 1.807) is 28.4 Å². The molecule has 0 saturated heterocycles. The third-order valence-corrected chi connectivity index (χ3v) is 5.83. The molecule has 4 rings (SSSR count). The Morgan fingerprint density at radius 3 is 2.76 bits per heavy atom. The van der Waals surface area contributed by atoms with Crippen molar-refractivity contribution in [3.05, 3.63) is 52.7 Å². The Bertz CT molecular complexity index is 893. The third kappa shape index (κ3) is 4.79. The van der Waals surface area contributed by atoms with Gasteiger partial charge in [-0.3, -0.25) is 9.59 Å². The van der Waals surface area contributed by atoms with Gasteiger partial charge in [0.2, 0.25) is 0 Å². The van der Waals surface area contributed by atoms with Crippen LogP contribution in [-0.2, 0) is 20.9 Å². The van der Waals surface area contributed by atoms with Crippen LogP contribution in [-0.4, -0.2) is 31.7 Å². The molecule has 1 aromatic heterocycles. The largest absolute Gasteiger partial charge is 0.486 e. The topological polar surface area (TPSA) is 65.1 Å². The van der Waals surface area contributed by atoms with Crippen LogP contribution in [0, 0.1) is 5.92 Å². The molecule has 1 amide bonds. The zero-order valence-corrected chi connectivity index (χ0v) is 16.9. The second-order valence-corrected chi connectivity index (χ2v) is 8.01. The molecular formula is C22H23NO5S. The molecule has 7 heteroatoms. The molecule has 29 heavy (non-hydrogen) atoms. The molecule has 0 spiro atoms. The van der Waals surface area contributed by atoms with Gasteiger partial charge in [0.25, 0.3) is 5.91 Å². The van der Waals surface area contributed by atoms with E-state index in [1.807, 2.05) is 29.7 Å². The van der Waals surface area contributed by atoms with E-state index in [2.05, 4.69) is 6.08 Å². The molecule has 0 radical (unpaired) electrons. The second kappa shape index (κ2) is 9.13. The van der Waals surface area contributed by atoms with Gasteiger partial charge in [0.15, 0.2) is 18.1 Å². The van der Waals surface area contributed by atoms with Gasteiger partial charge in [-0.15, -0.1) is 11.3 Å². The van der Waals surface area contributed by atoms with Gasteiger partial charge < -0.3 is 19.1 Å². The molecule has 0 N–H and O–H groups in total. The van der Waals surface area contributed by atoms with Gasteiger partial charge in [-0.05, 0) is 42.8 Å². The number of esters is 1. The molecular weight excluding hydrogens is 390 g/mol. The first-order valence-electron chi connectivity index (χ1n) is 9.75. The number of fused-ring (bicyclic) bond motifs is 1. The molecule has 1 aromatic carbocycles. The first kappa shape index (κ1) is 19.5. The van der Waals surface area contributed by atoms with Crippen molar-refractivity contribution in [3.63, 3.8) is 0 Å². The highest BCUT2D eigenvalue weighted by atomic mass is 32.1. The molecule has 1 aliphatic carbocycles. The minimum atomic E-state index is -0.305. The summed E-state index contributed by atoms with van der Waals surface area (Å²) >= 11 is 1.57. The number of carbonyl (C=O) groups is 2. The van der Waals surface area contributed by atoms with Crippen molar-refractivity contribution >= 4 is 28.9 Å². The maximum absolute atomic E-state index is 13.0. The fourth-order valence-corrected chi connectivity index (χ4v) is 4.11. The summed E-state index contributed by atoms with van der Waals surface area (Å²) in [5.41, 5.74) is 0.685. The highest BCUT2D eigenvalue weighted by molar-refractivity contribution is 7.09. The summed E-state index contributed by atoms with van der Waals surface area (Å²) < 4.78 is 16.6.